The number of carbonyl (C=O) groups is 1. The van der Waals surface area contributed by atoms with Crippen molar-refractivity contribution in [2.75, 3.05) is 25.5 Å². The number of fused-ring (bicyclic) bond motifs is 1. The van der Waals surface area contributed by atoms with Crippen LogP contribution < -0.4 is 0 Å². The van der Waals surface area contributed by atoms with Crippen molar-refractivity contribution in [1.82, 2.24) is 9.47 Å². The van der Waals surface area contributed by atoms with Gasteiger partial charge in [-0.05, 0) is 39.2 Å². The molecular formula is C17H24N2O2S. The van der Waals surface area contributed by atoms with Crippen LogP contribution in [0.1, 0.15) is 47.1 Å². The maximum Gasteiger partial charge on any atom is 0.255 e. The molecule has 1 amide bonds. The Morgan fingerprint density at radius 3 is 2.91 bits per heavy atom. The molecule has 1 aliphatic carbocycles. The summed E-state index contributed by atoms with van der Waals surface area (Å²) >= 11 is 1.97. The summed E-state index contributed by atoms with van der Waals surface area (Å²) in [4.78, 5) is 15.3. The molecule has 2 atom stereocenters. The van der Waals surface area contributed by atoms with E-state index < -0.39 is 0 Å². The molecule has 2 aliphatic heterocycles. The van der Waals surface area contributed by atoms with Gasteiger partial charge in [0.2, 0.25) is 0 Å². The number of amides is 1. The van der Waals surface area contributed by atoms with Crippen LogP contribution in [0.2, 0.25) is 0 Å². The fraction of sp³-hybridized carbons (Fsp3) is 0.706. The molecule has 1 aromatic rings. The van der Waals surface area contributed by atoms with Crippen molar-refractivity contribution >= 4 is 17.7 Å². The predicted octanol–water partition coefficient (Wildman–Crippen LogP) is 2.79. The SMILES string of the molecule is Cc1cc(C(=O)N2CCS[C@@H]3COCC[C@H]32)c(C)n1C1CC1. The van der Waals surface area contributed by atoms with E-state index >= 15 is 0 Å². The highest BCUT2D eigenvalue weighted by Gasteiger charge is 2.38. The van der Waals surface area contributed by atoms with Crippen LogP contribution in [0.5, 0.6) is 0 Å². The van der Waals surface area contributed by atoms with Gasteiger partial charge in [0.25, 0.3) is 5.91 Å². The number of nitrogens with zero attached hydrogens (tertiary/aromatic N) is 2. The largest absolute Gasteiger partial charge is 0.380 e. The van der Waals surface area contributed by atoms with E-state index in [1.54, 1.807) is 0 Å². The summed E-state index contributed by atoms with van der Waals surface area (Å²) in [6.45, 7) is 6.69. The number of carbonyl (C=O) groups excluding carboxylic acids is 1. The van der Waals surface area contributed by atoms with E-state index in [0.717, 1.165) is 43.2 Å². The summed E-state index contributed by atoms with van der Waals surface area (Å²) in [5.41, 5.74) is 3.31. The van der Waals surface area contributed by atoms with Gasteiger partial charge in [-0.1, -0.05) is 0 Å². The molecule has 2 saturated heterocycles. The van der Waals surface area contributed by atoms with Gasteiger partial charge in [-0.3, -0.25) is 4.79 Å². The Balaban J connectivity index is 1.62. The number of hydrogen-bond donors (Lipinski definition) is 0. The van der Waals surface area contributed by atoms with Crippen LogP contribution in [-0.4, -0.2) is 52.2 Å². The summed E-state index contributed by atoms with van der Waals surface area (Å²) in [5.74, 6) is 1.26. The third-order valence-corrected chi connectivity index (χ3v) is 6.52. The Bertz CT molecular complexity index is 592. The number of thioether (sulfide) groups is 1. The van der Waals surface area contributed by atoms with Crippen molar-refractivity contribution < 1.29 is 9.53 Å². The molecule has 3 aliphatic rings. The van der Waals surface area contributed by atoms with Crippen LogP contribution in [0.15, 0.2) is 6.07 Å². The average molecular weight is 320 g/mol. The fourth-order valence-electron chi connectivity index (χ4n) is 3.98. The molecule has 22 heavy (non-hydrogen) atoms. The molecule has 3 heterocycles. The fourth-order valence-corrected chi connectivity index (χ4v) is 5.28. The van der Waals surface area contributed by atoms with Gasteiger partial charge in [0, 0.05) is 47.6 Å². The van der Waals surface area contributed by atoms with E-state index in [0.29, 0.717) is 17.3 Å². The third-order valence-electron chi connectivity index (χ3n) is 5.22. The molecule has 4 nitrogen and oxygen atoms in total. The van der Waals surface area contributed by atoms with Crippen LogP contribution in [0.4, 0.5) is 0 Å². The minimum Gasteiger partial charge on any atom is -0.380 e. The maximum absolute atomic E-state index is 13.1. The zero-order valence-electron chi connectivity index (χ0n) is 13.4. The summed E-state index contributed by atoms with van der Waals surface area (Å²) in [6, 6.07) is 3.09. The minimum atomic E-state index is 0.234. The van der Waals surface area contributed by atoms with Crippen LogP contribution in [0, 0.1) is 13.8 Å². The lowest BCUT2D eigenvalue weighted by Gasteiger charge is -2.43. The first-order chi connectivity index (χ1) is 10.7. The highest BCUT2D eigenvalue weighted by atomic mass is 32.2. The second-order valence-electron chi connectivity index (χ2n) is 6.72. The van der Waals surface area contributed by atoms with Crippen molar-refractivity contribution in [1.29, 1.82) is 0 Å². The molecule has 0 spiro atoms. The highest BCUT2D eigenvalue weighted by molar-refractivity contribution is 8.00. The molecule has 3 fully saturated rings. The Labute approximate surface area is 136 Å². The van der Waals surface area contributed by atoms with Gasteiger partial charge in [0.15, 0.2) is 0 Å². The number of aromatic nitrogens is 1. The molecule has 0 N–H and O–H groups in total. The quantitative estimate of drug-likeness (QED) is 0.840. The normalized spacial score (nSPS) is 28.5. The van der Waals surface area contributed by atoms with Gasteiger partial charge in [-0.25, -0.2) is 0 Å². The van der Waals surface area contributed by atoms with Crippen LogP contribution in [-0.2, 0) is 4.74 Å². The van der Waals surface area contributed by atoms with E-state index in [1.807, 2.05) is 11.8 Å². The molecule has 120 valence electrons. The highest BCUT2D eigenvalue weighted by Crippen LogP contribution is 2.39. The van der Waals surface area contributed by atoms with E-state index in [4.69, 9.17) is 4.74 Å². The van der Waals surface area contributed by atoms with Gasteiger partial charge in [0.1, 0.15) is 0 Å². The predicted molar refractivity (Wildman–Crippen MR) is 88.7 cm³/mol. The first-order valence-electron chi connectivity index (χ1n) is 8.35. The van der Waals surface area contributed by atoms with Crippen LogP contribution in [0.25, 0.3) is 0 Å². The molecule has 0 bridgehead atoms. The lowest BCUT2D eigenvalue weighted by atomic mass is 10.0. The maximum atomic E-state index is 13.1. The summed E-state index contributed by atoms with van der Waals surface area (Å²) in [5, 5.41) is 0.457. The monoisotopic (exact) mass is 320 g/mol. The Morgan fingerprint density at radius 1 is 1.32 bits per heavy atom. The third kappa shape index (κ3) is 2.38. The zero-order chi connectivity index (χ0) is 15.3. The van der Waals surface area contributed by atoms with Crippen molar-refractivity contribution in [3.05, 3.63) is 23.0 Å². The van der Waals surface area contributed by atoms with Crippen LogP contribution >= 0.6 is 11.8 Å². The standard InChI is InChI=1S/C17H24N2O2S/c1-11-9-14(12(2)19(11)13-3-4-13)17(20)18-6-8-22-16-10-21-7-5-15(16)18/h9,13,15-16H,3-8,10H2,1-2H3/t15-,16-/m1/s1. The zero-order valence-corrected chi connectivity index (χ0v) is 14.2. The lowest BCUT2D eigenvalue weighted by Crippen LogP contribution is -2.54. The van der Waals surface area contributed by atoms with Gasteiger partial charge in [-0.15, -0.1) is 0 Å². The Hall–Kier alpha value is -0.940. The minimum absolute atomic E-state index is 0.234. The molecule has 4 rings (SSSR count). The molecule has 1 saturated carbocycles. The second kappa shape index (κ2) is 5.60. The van der Waals surface area contributed by atoms with E-state index in [1.165, 1.54) is 18.5 Å². The Morgan fingerprint density at radius 2 is 2.14 bits per heavy atom. The van der Waals surface area contributed by atoms with Crippen molar-refractivity contribution in [3.8, 4) is 0 Å². The van der Waals surface area contributed by atoms with E-state index in [9.17, 15) is 4.79 Å². The summed E-state index contributed by atoms with van der Waals surface area (Å²) in [6.07, 6.45) is 3.49. The van der Waals surface area contributed by atoms with Gasteiger partial charge >= 0.3 is 0 Å². The van der Waals surface area contributed by atoms with Crippen molar-refractivity contribution in [2.24, 2.45) is 0 Å². The van der Waals surface area contributed by atoms with Gasteiger partial charge < -0.3 is 14.2 Å². The summed E-state index contributed by atoms with van der Waals surface area (Å²) in [7, 11) is 0. The van der Waals surface area contributed by atoms with Crippen LogP contribution in [0.3, 0.4) is 0 Å². The molecule has 0 aromatic carbocycles. The molecule has 5 heteroatoms. The van der Waals surface area contributed by atoms with E-state index in [2.05, 4.69) is 29.4 Å². The Kier molecular flexibility index (Phi) is 3.73. The number of hydrogen-bond acceptors (Lipinski definition) is 3. The molecule has 1 aromatic heterocycles. The van der Waals surface area contributed by atoms with Gasteiger partial charge in [-0.2, -0.15) is 11.8 Å². The smallest absolute Gasteiger partial charge is 0.255 e. The van der Waals surface area contributed by atoms with Crippen molar-refractivity contribution in [2.45, 2.75) is 50.4 Å². The molecular weight excluding hydrogens is 296 g/mol. The molecule has 0 radical (unpaired) electrons. The second-order valence-corrected chi connectivity index (χ2v) is 8.07. The topological polar surface area (TPSA) is 34.5 Å². The lowest BCUT2D eigenvalue weighted by molar-refractivity contribution is 0.0318. The number of rotatable bonds is 2. The van der Waals surface area contributed by atoms with Crippen molar-refractivity contribution in [3.63, 3.8) is 0 Å². The number of ether oxygens (including phenoxy) is 1. The number of aryl methyl sites for hydroxylation is 1. The van der Waals surface area contributed by atoms with E-state index in [-0.39, 0.29) is 5.91 Å². The first-order valence-corrected chi connectivity index (χ1v) is 9.40. The summed E-state index contributed by atoms with van der Waals surface area (Å²) < 4.78 is 7.96. The first kappa shape index (κ1) is 14.6. The molecule has 0 unspecified atom stereocenters. The van der Waals surface area contributed by atoms with Gasteiger partial charge in [0.05, 0.1) is 12.2 Å². The average Bonchev–Trinajstić information content (AvgIpc) is 3.32.